The summed E-state index contributed by atoms with van der Waals surface area (Å²) in [5, 5.41) is 9.62. The van der Waals surface area contributed by atoms with E-state index in [2.05, 4.69) is 25.9 Å². The summed E-state index contributed by atoms with van der Waals surface area (Å²) in [6.45, 7) is 1.69. The fraction of sp³-hybridized carbons (Fsp3) is 0.316. The van der Waals surface area contributed by atoms with Crippen molar-refractivity contribution in [1.82, 2.24) is 20.9 Å². The first-order chi connectivity index (χ1) is 13.1. The molecule has 0 fully saturated rings. The number of carbonyl (C=O) groups excluding carboxylic acids is 1. The lowest BCUT2D eigenvalue weighted by molar-refractivity contribution is -0.120. The van der Waals surface area contributed by atoms with Crippen LogP contribution >= 0.6 is 35.6 Å². The first-order valence-electron chi connectivity index (χ1n) is 8.63. The maximum atomic E-state index is 12.8. The number of rotatable bonds is 8. The molecule has 0 radical (unpaired) electrons. The predicted molar refractivity (Wildman–Crippen MR) is 121 cm³/mol. The number of aliphatic imine (C=N–C) groups is 1. The van der Waals surface area contributed by atoms with Crippen molar-refractivity contribution in [1.29, 1.82) is 0 Å². The first kappa shape index (κ1) is 24.1. The van der Waals surface area contributed by atoms with Crippen molar-refractivity contribution in [3.63, 3.8) is 0 Å². The average molecular weight is 520 g/mol. The van der Waals surface area contributed by atoms with Gasteiger partial charge in [0.05, 0.1) is 6.42 Å². The van der Waals surface area contributed by atoms with Crippen LogP contribution in [-0.4, -0.2) is 43.5 Å². The normalized spacial score (nSPS) is 10.8. The van der Waals surface area contributed by atoms with Gasteiger partial charge in [0.1, 0.15) is 11.0 Å². The molecule has 9 heteroatoms. The van der Waals surface area contributed by atoms with E-state index >= 15 is 0 Å². The van der Waals surface area contributed by atoms with Crippen LogP contribution in [0.4, 0.5) is 4.39 Å². The Hall–Kier alpha value is -1.94. The van der Waals surface area contributed by atoms with Crippen molar-refractivity contribution >= 4 is 47.4 Å². The van der Waals surface area contributed by atoms with Gasteiger partial charge in [-0.2, -0.15) is 0 Å². The number of halogens is 3. The third kappa shape index (κ3) is 9.32. The molecule has 152 valence electrons. The summed E-state index contributed by atoms with van der Waals surface area (Å²) in [6, 6.07) is 9.60. The highest BCUT2D eigenvalue weighted by molar-refractivity contribution is 14.0. The second-order valence-corrected chi connectivity index (χ2v) is 6.21. The Kier molecular flexibility index (Phi) is 11.4. The molecule has 1 amide bonds. The molecular formula is C19H24ClFIN5O. The highest BCUT2D eigenvalue weighted by Gasteiger charge is 2.03. The molecule has 2 aromatic rings. The molecule has 0 unspecified atom stereocenters. The van der Waals surface area contributed by atoms with E-state index in [1.165, 1.54) is 12.1 Å². The predicted octanol–water partition coefficient (Wildman–Crippen LogP) is 2.56. The lowest BCUT2D eigenvalue weighted by Gasteiger charge is -2.12. The number of pyridine rings is 1. The number of nitrogens with zero attached hydrogens (tertiary/aromatic N) is 2. The number of benzene rings is 1. The Morgan fingerprint density at radius 2 is 1.68 bits per heavy atom. The van der Waals surface area contributed by atoms with E-state index in [9.17, 15) is 9.18 Å². The van der Waals surface area contributed by atoms with E-state index < -0.39 is 0 Å². The number of guanidine groups is 1. The molecular weight excluding hydrogens is 496 g/mol. The molecule has 3 N–H and O–H groups in total. The summed E-state index contributed by atoms with van der Waals surface area (Å²) in [6.07, 6.45) is 2.76. The molecule has 6 nitrogen and oxygen atoms in total. The minimum absolute atomic E-state index is 0. The maximum absolute atomic E-state index is 12.8. The van der Waals surface area contributed by atoms with E-state index in [0.29, 0.717) is 30.7 Å². The van der Waals surface area contributed by atoms with E-state index in [-0.39, 0.29) is 42.1 Å². The van der Waals surface area contributed by atoms with Crippen LogP contribution < -0.4 is 16.0 Å². The van der Waals surface area contributed by atoms with Crippen LogP contribution in [0.1, 0.15) is 11.1 Å². The van der Waals surface area contributed by atoms with E-state index in [1.807, 2.05) is 6.07 Å². The van der Waals surface area contributed by atoms with Crippen LogP contribution in [0.3, 0.4) is 0 Å². The van der Waals surface area contributed by atoms with Crippen molar-refractivity contribution in [2.24, 2.45) is 4.99 Å². The Morgan fingerprint density at radius 3 is 2.32 bits per heavy atom. The zero-order valence-corrected chi connectivity index (χ0v) is 18.6. The van der Waals surface area contributed by atoms with E-state index in [4.69, 9.17) is 11.6 Å². The number of aromatic nitrogens is 1. The van der Waals surface area contributed by atoms with Crippen LogP contribution in [0, 0.1) is 5.82 Å². The smallest absolute Gasteiger partial charge is 0.224 e. The summed E-state index contributed by atoms with van der Waals surface area (Å²) in [7, 11) is 1.69. The van der Waals surface area contributed by atoms with Crippen LogP contribution in [0.2, 0.25) is 5.15 Å². The molecule has 0 spiro atoms. The summed E-state index contributed by atoms with van der Waals surface area (Å²) < 4.78 is 12.8. The molecule has 2 rings (SSSR count). The Balaban J connectivity index is 0.00000392. The molecule has 0 saturated heterocycles. The van der Waals surface area contributed by atoms with Crippen LogP contribution in [-0.2, 0) is 17.6 Å². The third-order valence-electron chi connectivity index (χ3n) is 3.74. The number of carbonyl (C=O) groups is 1. The maximum Gasteiger partial charge on any atom is 0.224 e. The topological polar surface area (TPSA) is 78.4 Å². The molecule has 28 heavy (non-hydrogen) atoms. The minimum Gasteiger partial charge on any atom is -0.356 e. The monoisotopic (exact) mass is 519 g/mol. The molecule has 1 aromatic carbocycles. The van der Waals surface area contributed by atoms with Gasteiger partial charge < -0.3 is 16.0 Å². The number of hydrogen-bond acceptors (Lipinski definition) is 3. The van der Waals surface area contributed by atoms with Gasteiger partial charge in [-0.15, -0.1) is 24.0 Å². The fourth-order valence-corrected chi connectivity index (χ4v) is 2.44. The van der Waals surface area contributed by atoms with Gasteiger partial charge in [0.25, 0.3) is 0 Å². The minimum atomic E-state index is -0.311. The van der Waals surface area contributed by atoms with Gasteiger partial charge in [0.2, 0.25) is 5.91 Å². The Morgan fingerprint density at radius 1 is 1.04 bits per heavy atom. The van der Waals surface area contributed by atoms with Crippen LogP contribution in [0.5, 0.6) is 0 Å². The molecule has 0 aliphatic rings. The highest BCUT2D eigenvalue weighted by Crippen LogP contribution is 2.05. The third-order valence-corrected chi connectivity index (χ3v) is 3.96. The lowest BCUT2D eigenvalue weighted by Crippen LogP contribution is -2.42. The first-order valence-corrected chi connectivity index (χ1v) is 9.00. The summed E-state index contributed by atoms with van der Waals surface area (Å²) in [5.74, 6) is 0.237. The fourth-order valence-electron chi connectivity index (χ4n) is 2.33. The Bertz CT molecular complexity index is 756. The van der Waals surface area contributed by atoms with Gasteiger partial charge >= 0.3 is 0 Å². The SMILES string of the molecule is CN=C(NCCNC(=O)Cc1ccc(F)cc1)NCCc1ccc(Cl)nc1.I. The van der Waals surface area contributed by atoms with Gasteiger partial charge in [0, 0.05) is 32.9 Å². The second kappa shape index (κ2) is 13.3. The second-order valence-electron chi connectivity index (χ2n) is 5.82. The standard InChI is InChI=1S/C19H23ClFN5O.HI/c1-22-19(24-9-8-15-4-7-17(20)26-13-15)25-11-10-23-18(27)12-14-2-5-16(21)6-3-14;/h2-7,13H,8-12H2,1H3,(H,23,27)(H2,22,24,25);1H. The van der Waals surface area contributed by atoms with Crippen molar-refractivity contribution in [2.45, 2.75) is 12.8 Å². The van der Waals surface area contributed by atoms with Crippen molar-refractivity contribution in [3.8, 4) is 0 Å². The van der Waals surface area contributed by atoms with Crippen molar-refractivity contribution in [3.05, 3.63) is 64.7 Å². The average Bonchev–Trinajstić information content (AvgIpc) is 2.67. The summed E-state index contributed by atoms with van der Waals surface area (Å²) in [5.41, 5.74) is 1.85. The van der Waals surface area contributed by atoms with Crippen molar-refractivity contribution < 1.29 is 9.18 Å². The van der Waals surface area contributed by atoms with E-state index in [0.717, 1.165) is 17.5 Å². The van der Waals surface area contributed by atoms with Gasteiger partial charge in [-0.25, -0.2) is 9.37 Å². The number of hydrogen-bond donors (Lipinski definition) is 3. The van der Waals surface area contributed by atoms with Gasteiger partial charge in [-0.05, 0) is 35.7 Å². The van der Waals surface area contributed by atoms with Gasteiger partial charge in [-0.1, -0.05) is 29.8 Å². The zero-order valence-electron chi connectivity index (χ0n) is 15.5. The number of nitrogens with one attached hydrogen (secondary N) is 3. The molecule has 0 atom stereocenters. The zero-order chi connectivity index (χ0) is 19.5. The molecule has 0 saturated carbocycles. The van der Waals surface area contributed by atoms with Gasteiger partial charge in [-0.3, -0.25) is 9.79 Å². The largest absolute Gasteiger partial charge is 0.356 e. The molecule has 1 heterocycles. The van der Waals surface area contributed by atoms with Crippen molar-refractivity contribution in [2.75, 3.05) is 26.7 Å². The summed E-state index contributed by atoms with van der Waals surface area (Å²) in [4.78, 5) is 20.0. The molecule has 0 bridgehead atoms. The highest BCUT2D eigenvalue weighted by atomic mass is 127. The van der Waals surface area contributed by atoms with Crippen LogP contribution in [0.15, 0.2) is 47.6 Å². The molecule has 0 aliphatic carbocycles. The van der Waals surface area contributed by atoms with E-state index in [1.54, 1.807) is 31.4 Å². The molecule has 0 aliphatic heterocycles. The Labute approximate surface area is 186 Å². The van der Waals surface area contributed by atoms with Gasteiger partial charge in [0.15, 0.2) is 5.96 Å². The quantitative estimate of drug-likeness (QED) is 0.165. The molecule has 1 aromatic heterocycles. The number of amides is 1. The van der Waals surface area contributed by atoms with Crippen LogP contribution in [0.25, 0.3) is 0 Å². The lowest BCUT2D eigenvalue weighted by atomic mass is 10.1. The summed E-state index contributed by atoms with van der Waals surface area (Å²) >= 11 is 5.76.